The van der Waals surface area contributed by atoms with Crippen molar-refractivity contribution in [3.63, 3.8) is 0 Å². The van der Waals surface area contributed by atoms with E-state index < -0.39 is 17.5 Å². The fourth-order valence-corrected chi connectivity index (χ4v) is 2.02. The number of benzene rings is 1. The quantitative estimate of drug-likeness (QED) is 0.814. The Bertz CT molecular complexity index is 479. The van der Waals surface area contributed by atoms with Gasteiger partial charge in [0.05, 0.1) is 11.7 Å². The van der Waals surface area contributed by atoms with Crippen LogP contribution >= 0.6 is 0 Å². The topological polar surface area (TPSA) is 55.6 Å². The van der Waals surface area contributed by atoms with E-state index >= 15 is 0 Å². The van der Waals surface area contributed by atoms with Crippen LogP contribution in [0.4, 0.5) is 14.5 Å². The highest BCUT2D eigenvalue weighted by atomic mass is 19.2. The first kappa shape index (κ1) is 12.8. The van der Waals surface area contributed by atoms with Crippen molar-refractivity contribution in [3.8, 4) is 0 Å². The van der Waals surface area contributed by atoms with Crippen LogP contribution in [0.1, 0.15) is 16.8 Å². The highest BCUT2D eigenvalue weighted by molar-refractivity contribution is 5.99. The van der Waals surface area contributed by atoms with E-state index in [2.05, 4.69) is 0 Å². The molecule has 1 aromatic carbocycles. The number of nitrogens with two attached hydrogens (primary N) is 1. The van der Waals surface area contributed by atoms with Gasteiger partial charge >= 0.3 is 0 Å². The zero-order chi connectivity index (χ0) is 13.3. The lowest BCUT2D eigenvalue weighted by atomic mass is 10.1. The summed E-state index contributed by atoms with van der Waals surface area (Å²) >= 11 is 0. The molecule has 0 aromatic heterocycles. The monoisotopic (exact) mass is 256 g/mol. The SMILES string of the molecule is COC1CCN(C(=O)c2cc(F)c(F)cc2N)C1. The molecule has 0 radical (unpaired) electrons. The van der Waals surface area contributed by atoms with Crippen molar-refractivity contribution >= 4 is 11.6 Å². The number of carbonyl (C=O) groups excluding carboxylic acids is 1. The lowest BCUT2D eigenvalue weighted by molar-refractivity contribution is 0.0724. The van der Waals surface area contributed by atoms with Gasteiger partial charge in [-0.15, -0.1) is 0 Å². The number of carbonyl (C=O) groups is 1. The molecular weight excluding hydrogens is 242 g/mol. The van der Waals surface area contributed by atoms with Crippen LogP contribution in [0.2, 0.25) is 0 Å². The molecule has 4 nitrogen and oxygen atoms in total. The minimum atomic E-state index is -1.07. The molecule has 1 aromatic rings. The van der Waals surface area contributed by atoms with Crippen molar-refractivity contribution in [1.82, 2.24) is 4.90 Å². The van der Waals surface area contributed by atoms with E-state index in [1.807, 2.05) is 0 Å². The normalized spacial score (nSPS) is 19.3. The molecule has 1 heterocycles. The van der Waals surface area contributed by atoms with Crippen LogP contribution in [0.15, 0.2) is 12.1 Å². The summed E-state index contributed by atoms with van der Waals surface area (Å²) < 4.78 is 31.2. The number of rotatable bonds is 2. The summed E-state index contributed by atoms with van der Waals surface area (Å²) in [7, 11) is 1.57. The number of anilines is 1. The van der Waals surface area contributed by atoms with Crippen molar-refractivity contribution in [2.75, 3.05) is 25.9 Å². The fourth-order valence-electron chi connectivity index (χ4n) is 2.02. The molecule has 6 heteroatoms. The number of amides is 1. The molecule has 1 unspecified atom stereocenters. The van der Waals surface area contributed by atoms with Crippen molar-refractivity contribution in [3.05, 3.63) is 29.3 Å². The van der Waals surface area contributed by atoms with Gasteiger partial charge in [0.2, 0.25) is 0 Å². The number of nitrogen functional groups attached to an aromatic ring is 1. The lowest BCUT2D eigenvalue weighted by Gasteiger charge is -2.17. The van der Waals surface area contributed by atoms with Gasteiger partial charge in [-0.3, -0.25) is 4.79 Å². The molecule has 1 fully saturated rings. The minimum Gasteiger partial charge on any atom is -0.398 e. The number of hydrogen-bond acceptors (Lipinski definition) is 3. The summed E-state index contributed by atoms with van der Waals surface area (Å²) in [5, 5.41) is 0. The van der Waals surface area contributed by atoms with Gasteiger partial charge in [0.15, 0.2) is 11.6 Å². The van der Waals surface area contributed by atoms with Crippen LogP contribution in [-0.2, 0) is 4.74 Å². The van der Waals surface area contributed by atoms with Crippen molar-refractivity contribution in [1.29, 1.82) is 0 Å². The van der Waals surface area contributed by atoms with Crippen molar-refractivity contribution < 1.29 is 18.3 Å². The highest BCUT2D eigenvalue weighted by Gasteiger charge is 2.28. The van der Waals surface area contributed by atoms with Gasteiger partial charge < -0.3 is 15.4 Å². The Labute approximate surface area is 103 Å². The molecule has 0 spiro atoms. The Balaban J connectivity index is 2.22. The summed E-state index contributed by atoms with van der Waals surface area (Å²) in [6.45, 7) is 0.962. The molecular formula is C12H14F2N2O2. The lowest BCUT2D eigenvalue weighted by Crippen LogP contribution is -2.30. The molecule has 1 aliphatic heterocycles. The van der Waals surface area contributed by atoms with E-state index in [0.717, 1.165) is 18.6 Å². The van der Waals surface area contributed by atoms with Gasteiger partial charge in [0, 0.05) is 32.0 Å². The second kappa shape index (κ2) is 4.89. The van der Waals surface area contributed by atoms with Gasteiger partial charge in [-0.05, 0) is 12.5 Å². The second-order valence-electron chi connectivity index (χ2n) is 4.25. The Morgan fingerprint density at radius 2 is 2.11 bits per heavy atom. The zero-order valence-electron chi connectivity index (χ0n) is 9.95. The van der Waals surface area contributed by atoms with Crippen LogP contribution in [0, 0.1) is 11.6 Å². The van der Waals surface area contributed by atoms with Crippen LogP contribution in [-0.4, -0.2) is 37.1 Å². The van der Waals surface area contributed by atoms with Gasteiger partial charge in [0.1, 0.15) is 0 Å². The molecule has 18 heavy (non-hydrogen) atoms. The zero-order valence-corrected chi connectivity index (χ0v) is 9.95. The highest BCUT2D eigenvalue weighted by Crippen LogP contribution is 2.21. The van der Waals surface area contributed by atoms with Gasteiger partial charge in [-0.2, -0.15) is 0 Å². The second-order valence-corrected chi connectivity index (χ2v) is 4.25. The number of halogens is 2. The molecule has 2 rings (SSSR count). The first-order chi connectivity index (χ1) is 8.52. The summed E-state index contributed by atoms with van der Waals surface area (Å²) in [4.78, 5) is 13.6. The first-order valence-corrected chi connectivity index (χ1v) is 5.59. The maximum absolute atomic E-state index is 13.1. The average Bonchev–Trinajstić information content (AvgIpc) is 2.81. The molecule has 98 valence electrons. The third-order valence-electron chi connectivity index (χ3n) is 3.09. The molecule has 0 bridgehead atoms. The molecule has 1 aliphatic rings. The fraction of sp³-hybridized carbons (Fsp3) is 0.417. The van der Waals surface area contributed by atoms with Crippen LogP contribution < -0.4 is 5.73 Å². The largest absolute Gasteiger partial charge is 0.398 e. The Kier molecular flexibility index (Phi) is 3.47. The Morgan fingerprint density at radius 3 is 2.72 bits per heavy atom. The first-order valence-electron chi connectivity index (χ1n) is 5.59. The third-order valence-corrected chi connectivity index (χ3v) is 3.09. The van der Waals surface area contributed by atoms with Gasteiger partial charge in [-0.1, -0.05) is 0 Å². The van der Waals surface area contributed by atoms with Crippen LogP contribution in [0.25, 0.3) is 0 Å². The smallest absolute Gasteiger partial charge is 0.256 e. The van der Waals surface area contributed by atoms with E-state index in [4.69, 9.17) is 10.5 Å². The molecule has 1 saturated heterocycles. The number of hydrogen-bond donors (Lipinski definition) is 1. The molecule has 0 aliphatic carbocycles. The number of nitrogens with zero attached hydrogens (tertiary/aromatic N) is 1. The molecule has 1 amide bonds. The summed E-state index contributed by atoms with van der Waals surface area (Å²) in [5.74, 6) is -2.53. The minimum absolute atomic E-state index is 0.00865. The van der Waals surface area contributed by atoms with Crippen LogP contribution in [0.5, 0.6) is 0 Å². The van der Waals surface area contributed by atoms with Crippen molar-refractivity contribution in [2.45, 2.75) is 12.5 Å². The maximum Gasteiger partial charge on any atom is 0.256 e. The molecule has 1 atom stereocenters. The molecule has 0 saturated carbocycles. The predicted octanol–water partition coefficient (Wildman–Crippen LogP) is 1.41. The van der Waals surface area contributed by atoms with E-state index in [0.29, 0.717) is 13.1 Å². The van der Waals surface area contributed by atoms with Crippen molar-refractivity contribution in [2.24, 2.45) is 0 Å². The summed E-state index contributed by atoms with van der Waals surface area (Å²) in [6.07, 6.45) is 0.715. The Morgan fingerprint density at radius 1 is 1.44 bits per heavy atom. The Hall–Kier alpha value is -1.69. The number of methoxy groups -OCH3 is 1. The third kappa shape index (κ3) is 2.28. The van der Waals surface area contributed by atoms with Crippen LogP contribution in [0.3, 0.4) is 0 Å². The maximum atomic E-state index is 13.1. The van der Waals surface area contributed by atoms with E-state index in [1.165, 1.54) is 4.90 Å². The van der Waals surface area contributed by atoms with Gasteiger partial charge in [-0.25, -0.2) is 8.78 Å². The number of ether oxygens (including phenoxy) is 1. The predicted molar refractivity (Wildman–Crippen MR) is 62.1 cm³/mol. The van der Waals surface area contributed by atoms with Gasteiger partial charge in [0.25, 0.3) is 5.91 Å². The standard InChI is InChI=1S/C12H14F2N2O2/c1-18-7-2-3-16(6-7)12(17)8-4-9(13)10(14)5-11(8)15/h4-5,7H,2-3,6,15H2,1H3. The summed E-state index contributed by atoms with van der Waals surface area (Å²) in [6, 6.07) is 1.67. The van der Waals surface area contributed by atoms with E-state index in [1.54, 1.807) is 7.11 Å². The molecule has 2 N–H and O–H groups in total. The number of likely N-dealkylation sites (tertiary alicyclic amines) is 1. The van der Waals surface area contributed by atoms with E-state index in [9.17, 15) is 13.6 Å². The summed E-state index contributed by atoms with van der Waals surface area (Å²) in [5.41, 5.74) is 5.48. The average molecular weight is 256 g/mol. The van der Waals surface area contributed by atoms with E-state index in [-0.39, 0.29) is 17.4 Å².